The van der Waals surface area contributed by atoms with Crippen molar-refractivity contribution < 1.29 is 4.79 Å². The van der Waals surface area contributed by atoms with Crippen molar-refractivity contribution in [2.75, 3.05) is 18.8 Å². The lowest BCUT2D eigenvalue weighted by atomic mass is 10.0. The molecule has 0 unspecified atom stereocenters. The summed E-state index contributed by atoms with van der Waals surface area (Å²) < 4.78 is 0. The molecule has 0 saturated carbocycles. The lowest BCUT2D eigenvalue weighted by Crippen LogP contribution is -2.30. The van der Waals surface area contributed by atoms with Crippen LogP contribution < -0.4 is 5.32 Å². The van der Waals surface area contributed by atoms with E-state index in [9.17, 15) is 4.79 Å². The van der Waals surface area contributed by atoms with Gasteiger partial charge in [-0.05, 0) is 49.5 Å². The minimum absolute atomic E-state index is 0.111. The molecule has 0 aliphatic carbocycles. The number of aryl methyl sites for hydroxylation is 1. The van der Waals surface area contributed by atoms with Crippen LogP contribution >= 0.6 is 11.8 Å². The molecule has 3 rings (SSSR count). The molecule has 3 nitrogen and oxygen atoms in total. The van der Waals surface area contributed by atoms with Crippen LogP contribution in [0.2, 0.25) is 0 Å². The van der Waals surface area contributed by atoms with Crippen LogP contribution in [0.3, 0.4) is 0 Å². The third-order valence-corrected chi connectivity index (χ3v) is 6.06. The Balaban J connectivity index is 1.43. The van der Waals surface area contributed by atoms with E-state index in [2.05, 4.69) is 65.7 Å². The molecule has 0 aromatic heterocycles. The maximum atomic E-state index is 12.2. The van der Waals surface area contributed by atoms with E-state index in [4.69, 9.17) is 0 Å². The van der Waals surface area contributed by atoms with Gasteiger partial charge < -0.3 is 5.32 Å². The molecular weight excluding hydrogens is 352 g/mol. The number of hydrogen-bond donors (Lipinski definition) is 1. The molecule has 1 aliphatic heterocycles. The highest BCUT2D eigenvalue weighted by molar-refractivity contribution is 7.99. The molecule has 2 aromatic rings. The minimum Gasteiger partial charge on any atom is -0.351 e. The molecule has 1 N–H and O–H groups in total. The van der Waals surface area contributed by atoms with Gasteiger partial charge in [-0.25, -0.2) is 0 Å². The normalized spacial score (nSPS) is 14.9. The Bertz CT molecular complexity index is 723. The van der Waals surface area contributed by atoms with Crippen molar-refractivity contribution in [1.29, 1.82) is 0 Å². The van der Waals surface area contributed by atoms with Crippen LogP contribution in [0.25, 0.3) is 0 Å². The number of carbonyl (C=O) groups excluding carboxylic acids is 1. The van der Waals surface area contributed by atoms with Crippen molar-refractivity contribution in [3.05, 3.63) is 70.8 Å². The second kappa shape index (κ2) is 10.5. The number of nitrogens with one attached hydrogen (secondary N) is 1. The Labute approximate surface area is 167 Å². The Morgan fingerprint density at radius 3 is 2.44 bits per heavy atom. The second-order valence-electron chi connectivity index (χ2n) is 7.36. The summed E-state index contributed by atoms with van der Waals surface area (Å²) in [5.41, 5.74) is 5.11. The third kappa shape index (κ3) is 6.71. The monoisotopic (exact) mass is 382 g/mol. The summed E-state index contributed by atoms with van der Waals surface area (Å²) in [5.74, 6) is 1.49. The number of carbonyl (C=O) groups is 1. The summed E-state index contributed by atoms with van der Waals surface area (Å²) in [6, 6.07) is 17.0. The van der Waals surface area contributed by atoms with E-state index in [1.165, 1.54) is 54.6 Å². The van der Waals surface area contributed by atoms with E-state index in [1.807, 2.05) is 0 Å². The molecule has 27 heavy (non-hydrogen) atoms. The minimum atomic E-state index is 0.111. The van der Waals surface area contributed by atoms with Crippen LogP contribution in [0, 0.1) is 6.92 Å². The number of amides is 1. The first-order chi connectivity index (χ1) is 13.2. The summed E-state index contributed by atoms with van der Waals surface area (Å²) in [6.45, 7) is 6.09. The molecule has 1 saturated heterocycles. The van der Waals surface area contributed by atoms with Gasteiger partial charge in [0.05, 0.1) is 5.75 Å². The Morgan fingerprint density at radius 1 is 1.00 bits per heavy atom. The molecule has 4 heteroatoms. The highest BCUT2D eigenvalue weighted by Gasteiger charge is 2.12. The van der Waals surface area contributed by atoms with Crippen molar-refractivity contribution in [3.8, 4) is 0 Å². The predicted molar refractivity (Wildman–Crippen MR) is 115 cm³/mol. The average Bonchev–Trinajstić information content (AvgIpc) is 2.70. The maximum absolute atomic E-state index is 12.2. The van der Waals surface area contributed by atoms with Crippen molar-refractivity contribution in [3.63, 3.8) is 0 Å². The quantitative estimate of drug-likeness (QED) is 0.728. The van der Waals surface area contributed by atoms with Crippen molar-refractivity contribution in [1.82, 2.24) is 10.2 Å². The molecule has 0 radical (unpaired) electrons. The summed E-state index contributed by atoms with van der Waals surface area (Å²) >= 11 is 1.67. The van der Waals surface area contributed by atoms with Crippen molar-refractivity contribution in [2.45, 2.75) is 45.0 Å². The van der Waals surface area contributed by atoms with E-state index in [-0.39, 0.29) is 5.91 Å². The van der Waals surface area contributed by atoms with Gasteiger partial charge in [0.1, 0.15) is 0 Å². The third-order valence-electron chi connectivity index (χ3n) is 5.06. The molecule has 144 valence electrons. The van der Waals surface area contributed by atoms with Crippen LogP contribution in [-0.2, 0) is 23.6 Å². The van der Waals surface area contributed by atoms with Gasteiger partial charge in [0.25, 0.3) is 0 Å². The molecule has 1 heterocycles. The number of likely N-dealkylation sites (tertiary alicyclic amines) is 1. The van der Waals surface area contributed by atoms with Gasteiger partial charge in [-0.1, -0.05) is 60.5 Å². The van der Waals surface area contributed by atoms with Crippen LogP contribution in [0.1, 0.15) is 41.5 Å². The molecule has 2 aromatic carbocycles. The smallest absolute Gasteiger partial charge is 0.230 e. The molecule has 1 fully saturated rings. The van der Waals surface area contributed by atoms with E-state index in [0.717, 1.165) is 12.3 Å². The Kier molecular flexibility index (Phi) is 7.79. The largest absolute Gasteiger partial charge is 0.351 e. The maximum Gasteiger partial charge on any atom is 0.230 e. The van der Waals surface area contributed by atoms with Gasteiger partial charge >= 0.3 is 0 Å². The lowest BCUT2D eigenvalue weighted by molar-refractivity contribution is -0.118. The Hall–Kier alpha value is -1.78. The van der Waals surface area contributed by atoms with Gasteiger partial charge in [0.15, 0.2) is 0 Å². The first kappa shape index (κ1) is 20.0. The van der Waals surface area contributed by atoms with E-state index in [0.29, 0.717) is 12.3 Å². The van der Waals surface area contributed by atoms with Gasteiger partial charge in [0.2, 0.25) is 5.91 Å². The van der Waals surface area contributed by atoms with Gasteiger partial charge in [-0.2, -0.15) is 0 Å². The van der Waals surface area contributed by atoms with E-state index >= 15 is 0 Å². The topological polar surface area (TPSA) is 32.3 Å². The zero-order valence-electron chi connectivity index (χ0n) is 16.2. The molecular formula is C23H30N2OS. The highest BCUT2D eigenvalue weighted by atomic mass is 32.2. The number of nitrogens with zero attached hydrogens (tertiary/aromatic N) is 1. The SMILES string of the molecule is Cc1ccc(CSCC(=O)NCc2ccccc2CN2CCCCC2)cc1. The number of piperidine rings is 1. The predicted octanol–water partition coefficient (Wildman–Crippen LogP) is 4.53. The number of hydrogen-bond acceptors (Lipinski definition) is 3. The first-order valence-corrected chi connectivity index (χ1v) is 11.1. The first-order valence-electron chi connectivity index (χ1n) is 9.90. The summed E-state index contributed by atoms with van der Waals surface area (Å²) in [5, 5.41) is 3.09. The van der Waals surface area contributed by atoms with Crippen LogP contribution in [0.5, 0.6) is 0 Å². The fourth-order valence-corrected chi connectivity index (χ4v) is 4.25. The zero-order chi connectivity index (χ0) is 18.9. The number of thioether (sulfide) groups is 1. The van der Waals surface area contributed by atoms with Crippen LogP contribution in [0.4, 0.5) is 0 Å². The van der Waals surface area contributed by atoms with Gasteiger partial charge in [-0.15, -0.1) is 11.8 Å². The zero-order valence-corrected chi connectivity index (χ0v) is 17.1. The molecule has 0 bridgehead atoms. The standard InChI is InChI=1S/C23H30N2OS/c1-19-9-11-20(12-10-19)17-27-18-23(26)24-15-21-7-3-4-8-22(21)16-25-13-5-2-6-14-25/h3-4,7-12H,2,5-6,13-18H2,1H3,(H,24,26). The lowest BCUT2D eigenvalue weighted by Gasteiger charge is -2.27. The number of benzene rings is 2. The fraction of sp³-hybridized carbons (Fsp3) is 0.435. The van der Waals surface area contributed by atoms with E-state index in [1.54, 1.807) is 11.8 Å². The van der Waals surface area contributed by atoms with Crippen molar-refractivity contribution in [2.24, 2.45) is 0 Å². The van der Waals surface area contributed by atoms with Crippen LogP contribution in [-0.4, -0.2) is 29.6 Å². The second-order valence-corrected chi connectivity index (χ2v) is 8.35. The summed E-state index contributed by atoms with van der Waals surface area (Å²) in [6.07, 6.45) is 3.96. The fourth-order valence-electron chi connectivity index (χ4n) is 3.43. The summed E-state index contributed by atoms with van der Waals surface area (Å²) in [7, 11) is 0. The summed E-state index contributed by atoms with van der Waals surface area (Å²) in [4.78, 5) is 14.7. The average molecular weight is 383 g/mol. The Morgan fingerprint density at radius 2 is 1.70 bits per heavy atom. The van der Waals surface area contributed by atoms with E-state index < -0.39 is 0 Å². The number of rotatable bonds is 8. The molecule has 0 spiro atoms. The van der Waals surface area contributed by atoms with Crippen molar-refractivity contribution >= 4 is 17.7 Å². The molecule has 1 amide bonds. The highest BCUT2D eigenvalue weighted by Crippen LogP contribution is 2.16. The molecule has 1 aliphatic rings. The van der Waals surface area contributed by atoms with Gasteiger partial charge in [0, 0.05) is 18.8 Å². The van der Waals surface area contributed by atoms with Gasteiger partial charge in [-0.3, -0.25) is 9.69 Å². The van der Waals surface area contributed by atoms with Crippen LogP contribution in [0.15, 0.2) is 48.5 Å². The molecule has 0 atom stereocenters.